The number of alkyl halides is 1. The van der Waals surface area contributed by atoms with Gasteiger partial charge in [-0.15, -0.1) is 10.2 Å². The van der Waals surface area contributed by atoms with Gasteiger partial charge >= 0.3 is 0 Å². The van der Waals surface area contributed by atoms with Crippen LogP contribution in [0.4, 0.5) is 0 Å². The Kier molecular flexibility index (Phi) is 3.96. The lowest BCUT2D eigenvalue weighted by atomic mass is 10.2. The van der Waals surface area contributed by atoms with E-state index in [1.165, 1.54) is 0 Å². The molecule has 0 saturated carbocycles. The third-order valence-corrected chi connectivity index (χ3v) is 4.15. The highest BCUT2D eigenvalue weighted by atomic mass is 127. The molecule has 0 N–H and O–H groups in total. The predicted molar refractivity (Wildman–Crippen MR) is 74.4 cm³/mol. The summed E-state index contributed by atoms with van der Waals surface area (Å²) in [5, 5.41) is 8.10. The van der Waals surface area contributed by atoms with Crippen LogP contribution in [-0.2, 0) is 0 Å². The Balaban J connectivity index is 2.35. The van der Waals surface area contributed by atoms with E-state index in [2.05, 4.69) is 55.6 Å². The van der Waals surface area contributed by atoms with E-state index >= 15 is 0 Å². The molecule has 84 valence electrons. The smallest absolute Gasteiger partial charge is 0.248 e. The molecule has 5 heteroatoms. The highest BCUT2D eigenvalue weighted by molar-refractivity contribution is 14.1. The summed E-state index contributed by atoms with van der Waals surface area (Å²) in [6.07, 6.45) is 0.924. The van der Waals surface area contributed by atoms with Crippen LogP contribution >= 0.6 is 38.5 Å². The van der Waals surface area contributed by atoms with Gasteiger partial charge in [0.15, 0.2) is 0 Å². The molecule has 0 radical (unpaired) electrons. The van der Waals surface area contributed by atoms with Crippen molar-refractivity contribution < 1.29 is 4.42 Å². The van der Waals surface area contributed by atoms with E-state index in [4.69, 9.17) is 4.42 Å². The molecule has 0 amide bonds. The van der Waals surface area contributed by atoms with Crippen LogP contribution in [0.15, 0.2) is 28.7 Å². The van der Waals surface area contributed by atoms with Crippen molar-refractivity contribution in [3.8, 4) is 11.5 Å². The third kappa shape index (κ3) is 2.45. The van der Waals surface area contributed by atoms with E-state index < -0.39 is 0 Å². The highest BCUT2D eigenvalue weighted by Crippen LogP contribution is 2.29. The molecule has 0 fully saturated rings. The molecule has 1 aromatic carbocycles. The van der Waals surface area contributed by atoms with Crippen molar-refractivity contribution in [2.75, 3.05) is 0 Å². The van der Waals surface area contributed by atoms with E-state index in [0.29, 0.717) is 11.8 Å². The molecule has 0 saturated heterocycles. The van der Waals surface area contributed by atoms with Gasteiger partial charge in [-0.1, -0.05) is 35.0 Å². The van der Waals surface area contributed by atoms with Crippen LogP contribution < -0.4 is 0 Å². The van der Waals surface area contributed by atoms with Crippen LogP contribution in [0.2, 0.25) is 0 Å². The van der Waals surface area contributed by atoms with Gasteiger partial charge in [0.1, 0.15) is 0 Å². The number of halogens is 2. The molecular weight excluding hydrogens is 383 g/mol. The quantitative estimate of drug-likeness (QED) is 0.580. The van der Waals surface area contributed by atoms with Crippen LogP contribution in [0.25, 0.3) is 11.5 Å². The van der Waals surface area contributed by atoms with E-state index in [9.17, 15) is 0 Å². The molecule has 0 bridgehead atoms. The molecule has 0 aliphatic rings. The monoisotopic (exact) mass is 392 g/mol. The maximum absolute atomic E-state index is 5.63. The number of hydrogen-bond donors (Lipinski definition) is 0. The first kappa shape index (κ1) is 12.0. The number of aromatic nitrogens is 2. The van der Waals surface area contributed by atoms with E-state index in [0.717, 1.165) is 15.6 Å². The zero-order valence-electron chi connectivity index (χ0n) is 8.65. The Morgan fingerprint density at radius 2 is 2.12 bits per heavy atom. The van der Waals surface area contributed by atoms with Crippen LogP contribution in [0, 0.1) is 3.57 Å². The summed E-state index contributed by atoms with van der Waals surface area (Å²) in [4.78, 5) is 0.134. The minimum atomic E-state index is 0.134. The first-order valence-electron chi connectivity index (χ1n) is 4.94. The second-order valence-corrected chi connectivity index (χ2v) is 5.57. The Morgan fingerprint density at radius 3 is 2.81 bits per heavy atom. The van der Waals surface area contributed by atoms with Crippen LogP contribution in [-0.4, -0.2) is 10.2 Å². The number of nitrogens with zero attached hydrogens (tertiary/aromatic N) is 2. The van der Waals surface area contributed by atoms with E-state index in [1.807, 2.05) is 24.3 Å². The normalized spacial score (nSPS) is 12.7. The van der Waals surface area contributed by atoms with Crippen LogP contribution in [0.5, 0.6) is 0 Å². The molecule has 0 spiro atoms. The van der Waals surface area contributed by atoms with Crippen molar-refractivity contribution in [1.82, 2.24) is 10.2 Å². The van der Waals surface area contributed by atoms with Crippen molar-refractivity contribution in [2.24, 2.45) is 0 Å². The first-order chi connectivity index (χ1) is 7.72. The summed E-state index contributed by atoms with van der Waals surface area (Å²) >= 11 is 5.75. The van der Waals surface area contributed by atoms with Gasteiger partial charge in [-0.3, -0.25) is 0 Å². The number of benzene rings is 1. The molecule has 1 unspecified atom stereocenters. The highest BCUT2D eigenvalue weighted by Gasteiger charge is 2.15. The van der Waals surface area contributed by atoms with Gasteiger partial charge in [0.25, 0.3) is 0 Å². The molecule has 2 aromatic rings. The maximum atomic E-state index is 5.63. The van der Waals surface area contributed by atoms with Crippen molar-refractivity contribution in [2.45, 2.75) is 18.2 Å². The predicted octanol–water partition coefficient (Wildman–Crippen LogP) is 4.19. The molecule has 16 heavy (non-hydrogen) atoms. The summed E-state index contributed by atoms with van der Waals surface area (Å²) in [5.41, 5.74) is 0.984. The molecule has 1 heterocycles. The third-order valence-electron chi connectivity index (χ3n) is 2.17. The SMILES string of the molecule is CCC(Br)c1nnc(-c2ccccc2I)o1. The summed E-state index contributed by atoms with van der Waals surface area (Å²) in [6, 6.07) is 7.95. The Hall–Kier alpha value is -0.430. The molecule has 1 aromatic heterocycles. The lowest BCUT2D eigenvalue weighted by Crippen LogP contribution is -1.86. The standard InChI is InChI=1S/C11H10BrIN2O/c1-2-8(12)11-15-14-10(16-11)7-5-3-4-6-9(7)13/h3-6,8H,2H2,1H3. The van der Waals surface area contributed by atoms with Gasteiger partial charge < -0.3 is 4.42 Å². The zero-order chi connectivity index (χ0) is 11.5. The lowest BCUT2D eigenvalue weighted by Gasteiger charge is -1.99. The van der Waals surface area contributed by atoms with E-state index in [-0.39, 0.29) is 4.83 Å². The summed E-state index contributed by atoms with van der Waals surface area (Å²) in [6.45, 7) is 2.07. The average Bonchev–Trinajstić information content (AvgIpc) is 2.78. The van der Waals surface area contributed by atoms with Crippen molar-refractivity contribution in [1.29, 1.82) is 0 Å². The van der Waals surface area contributed by atoms with Crippen LogP contribution in [0.1, 0.15) is 24.1 Å². The Bertz CT molecular complexity index is 486. The number of rotatable bonds is 3. The minimum absolute atomic E-state index is 0.134. The van der Waals surface area contributed by atoms with Crippen molar-refractivity contribution in [3.05, 3.63) is 33.7 Å². The Labute approximate surface area is 116 Å². The minimum Gasteiger partial charge on any atom is -0.419 e. The second kappa shape index (κ2) is 5.27. The average molecular weight is 393 g/mol. The van der Waals surface area contributed by atoms with Gasteiger partial charge in [-0.2, -0.15) is 0 Å². The summed E-state index contributed by atoms with van der Waals surface area (Å²) in [5.74, 6) is 1.22. The van der Waals surface area contributed by atoms with Gasteiger partial charge in [0, 0.05) is 3.57 Å². The molecular formula is C11H10BrIN2O. The fourth-order valence-electron chi connectivity index (χ4n) is 1.28. The van der Waals surface area contributed by atoms with Gasteiger partial charge in [0.2, 0.25) is 11.8 Å². The maximum Gasteiger partial charge on any atom is 0.248 e. The number of hydrogen-bond acceptors (Lipinski definition) is 3. The van der Waals surface area contributed by atoms with Crippen molar-refractivity contribution in [3.63, 3.8) is 0 Å². The second-order valence-electron chi connectivity index (χ2n) is 3.30. The van der Waals surface area contributed by atoms with E-state index in [1.54, 1.807) is 0 Å². The topological polar surface area (TPSA) is 38.9 Å². The van der Waals surface area contributed by atoms with Gasteiger partial charge in [-0.05, 0) is 41.1 Å². The van der Waals surface area contributed by atoms with Crippen LogP contribution in [0.3, 0.4) is 0 Å². The fourth-order valence-corrected chi connectivity index (χ4v) is 2.08. The van der Waals surface area contributed by atoms with Gasteiger partial charge in [0.05, 0.1) is 10.4 Å². The molecule has 0 aliphatic heterocycles. The molecule has 2 rings (SSSR count). The molecule has 1 atom stereocenters. The van der Waals surface area contributed by atoms with Gasteiger partial charge in [-0.25, -0.2) is 0 Å². The zero-order valence-corrected chi connectivity index (χ0v) is 12.4. The van der Waals surface area contributed by atoms with Crippen molar-refractivity contribution >= 4 is 38.5 Å². The Morgan fingerprint density at radius 1 is 1.38 bits per heavy atom. The largest absolute Gasteiger partial charge is 0.419 e. The molecule has 0 aliphatic carbocycles. The fraction of sp³-hybridized carbons (Fsp3) is 0.273. The summed E-state index contributed by atoms with van der Waals surface area (Å²) < 4.78 is 6.74. The lowest BCUT2D eigenvalue weighted by molar-refractivity contribution is 0.500. The summed E-state index contributed by atoms with van der Waals surface area (Å²) in [7, 11) is 0. The molecule has 3 nitrogen and oxygen atoms in total. The first-order valence-corrected chi connectivity index (χ1v) is 6.94.